The first kappa shape index (κ1) is 32.8. The van der Waals surface area contributed by atoms with E-state index in [0.29, 0.717) is 36.7 Å². The van der Waals surface area contributed by atoms with Crippen LogP contribution in [0, 0.1) is 5.92 Å². The highest BCUT2D eigenvalue weighted by Gasteiger charge is 2.37. The first-order valence-corrected chi connectivity index (χ1v) is 15.8. The maximum absolute atomic E-state index is 13.0. The van der Waals surface area contributed by atoms with Crippen LogP contribution in [0.3, 0.4) is 0 Å². The van der Waals surface area contributed by atoms with Crippen molar-refractivity contribution < 1.29 is 23.8 Å². The molecule has 3 rings (SSSR count). The Balaban J connectivity index is 1.64. The number of esters is 2. The molecule has 0 aromatic carbocycles. The number of anilines is 1. The van der Waals surface area contributed by atoms with Crippen LogP contribution >= 0.6 is 8.22 Å². The van der Waals surface area contributed by atoms with Crippen LogP contribution in [0.5, 0.6) is 0 Å². The highest BCUT2D eigenvalue weighted by Crippen LogP contribution is 2.34. The molecule has 3 unspecified atom stereocenters. The lowest BCUT2D eigenvalue weighted by Crippen LogP contribution is -2.52. The van der Waals surface area contributed by atoms with Gasteiger partial charge in [-0.1, -0.05) is 38.3 Å². The van der Waals surface area contributed by atoms with E-state index in [-0.39, 0.29) is 30.3 Å². The summed E-state index contributed by atoms with van der Waals surface area (Å²) in [5.74, 6) is -0.125. The van der Waals surface area contributed by atoms with Crippen molar-refractivity contribution in [2.75, 3.05) is 25.3 Å². The minimum atomic E-state index is -1.39. The van der Waals surface area contributed by atoms with E-state index in [2.05, 4.69) is 38.1 Å². The van der Waals surface area contributed by atoms with E-state index < -0.39 is 19.3 Å². The summed E-state index contributed by atoms with van der Waals surface area (Å²) in [4.78, 5) is 38.6. The monoisotopic (exact) mass is 591 g/mol. The van der Waals surface area contributed by atoms with E-state index in [1.165, 1.54) is 6.33 Å². The molecule has 4 N–H and O–H groups in total. The molecule has 0 radical (unpaired) electrons. The maximum atomic E-state index is 13.0. The predicted molar refractivity (Wildman–Crippen MR) is 160 cm³/mol. The first-order valence-electron chi connectivity index (χ1n) is 14.3. The molecule has 1 aliphatic rings. The molecule has 3 atom stereocenters. The molecule has 0 fully saturated rings. The Labute approximate surface area is 244 Å². The van der Waals surface area contributed by atoms with Gasteiger partial charge in [0, 0.05) is 5.92 Å². The molecule has 0 saturated carbocycles. The molecule has 228 valence electrons. The Kier molecular flexibility index (Phi) is 12.0. The molecular weight excluding hydrogens is 545 g/mol. The second-order valence-electron chi connectivity index (χ2n) is 11.6. The van der Waals surface area contributed by atoms with Gasteiger partial charge in [0.2, 0.25) is 0 Å². The zero-order chi connectivity index (χ0) is 30.0. The summed E-state index contributed by atoms with van der Waals surface area (Å²) >= 11 is 0. The van der Waals surface area contributed by atoms with E-state index >= 15 is 0 Å². The number of nitrogen functional groups attached to an aromatic ring is 1. The van der Waals surface area contributed by atoms with Gasteiger partial charge in [-0.15, -0.1) is 0 Å². The molecule has 0 amide bonds. The number of nitrogens with two attached hydrogens (primary N) is 1. The van der Waals surface area contributed by atoms with Gasteiger partial charge in [-0.25, -0.2) is 15.0 Å². The molecule has 41 heavy (non-hydrogen) atoms. The van der Waals surface area contributed by atoms with Crippen molar-refractivity contribution in [1.29, 1.82) is 0 Å². The minimum Gasteiger partial charge on any atom is -0.464 e. The van der Waals surface area contributed by atoms with Gasteiger partial charge < -0.3 is 24.5 Å². The highest BCUT2D eigenvalue weighted by atomic mass is 31.1. The lowest BCUT2D eigenvalue weighted by atomic mass is 9.96. The summed E-state index contributed by atoms with van der Waals surface area (Å²) in [6.07, 6.45) is 12.1. The van der Waals surface area contributed by atoms with Gasteiger partial charge in [0.25, 0.3) is 0 Å². The van der Waals surface area contributed by atoms with Crippen molar-refractivity contribution in [3.05, 3.63) is 24.8 Å². The van der Waals surface area contributed by atoms with Gasteiger partial charge in [0.15, 0.2) is 11.5 Å². The van der Waals surface area contributed by atoms with Crippen molar-refractivity contribution in [1.82, 2.24) is 29.7 Å². The second kappa shape index (κ2) is 15.0. The van der Waals surface area contributed by atoms with Crippen LogP contribution in [0.4, 0.5) is 5.82 Å². The van der Waals surface area contributed by atoms with Gasteiger partial charge in [-0.3, -0.25) is 19.8 Å². The third kappa shape index (κ3) is 9.70. The smallest absolute Gasteiger partial charge is 0.326 e. The number of carbonyl (C=O) groups is 2. The molecule has 0 saturated heterocycles. The summed E-state index contributed by atoms with van der Waals surface area (Å²) in [5.41, 5.74) is 5.05. The number of hydrogen-bond acceptors (Lipinski definition) is 11. The van der Waals surface area contributed by atoms with Crippen molar-refractivity contribution in [2.24, 2.45) is 5.92 Å². The summed E-state index contributed by atoms with van der Waals surface area (Å²) in [6.45, 7) is 12.4. The fraction of sp³-hybridized carbons (Fsp3) is 0.679. The number of hydrogen-bond donors (Lipinski definition) is 3. The number of nitrogens with one attached hydrogen (secondary N) is 2. The summed E-state index contributed by atoms with van der Waals surface area (Å²) in [7, 11) is -1.39. The number of aromatic nitrogens is 4. The molecule has 12 nitrogen and oxygen atoms in total. The normalized spacial score (nSPS) is 16.8. The van der Waals surface area contributed by atoms with E-state index in [0.717, 1.165) is 32.1 Å². The fourth-order valence-corrected chi connectivity index (χ4v) is 6.23. The van der Waals surface area contributed by atoms with E-state index in [1.807, 2.05) is 17.6 Å². The summed E-state index contributed by atoms with van der Waals surface area (Å²) in [5, 5.41) is 6.74. The van der Waals surface area contributed by atoms with Crippen molar-refractivity contribution in [2.45, 2.75) is 97.4 Å². The molecule has 0 spiro atoms. The van der Waals surface area contributed by atoms with Crippen LogP contribution in [-0.2, 0) is 30.3 Å². The molecule has 2 heterocycles. The van der Waals surface area contributed by atoms with Crippen molar-refractivity contribution in [3.63, 3.8) is 0 Å². The molecule has 2 aromatic heterocycles. The average Bonchev–Trinajstić information content (AvgIpc) is 3.29. The number of fused-ring (bicyclic) bond motifs is 1. The number of unbranched alkanes of at least 4 members (excludes halogenated alkanes) is 3. The van der Waals surface area contributed by atoms with Gasteiger partial charge in [-0.2, -0.15) is 0 Å². The Morgan fingerprint density at radius 1 is 1.10 bits per heavy atom. The van der Waals surface area contributed by atoms with Gasteiger partial charge in [0.1, 0.15) is 22.9 Å². The van der Waals surface area contributed by atoms with Gasteiger partial charge >= 0.3 is 11.9 Å². The van der Waals surface area contributed by atoms with Crippen LogP contribution in [-0.4, -0.2) is 68.2 Å². The first-order chi connectivity index (χ1) is 19.4. The standard InChI is InChI=1S/C28H46N7O5P/c1-7-8-9-10-14-38-25(36)27(3,4)33-41(34-28(5,6)26(37)39-16-21-12-11-13-21)19-40-20(2)15-35-18-32-22-23(29)30-17-31-24(22)35/h11-12,17-18,20-21,33-34H,7-10,13-16,19H2,1-6H3,(H2,29,30,31). The SMILES string of the molecule is CCCCCCOC(=O)C(C)(C)NP(COC(C)Cn1cnc2c(N)ncnc21)NC(C)(C)C(=O)OCC1C=CC1. The average molecular weight is 592 g/mol. The third-order valence-corrected chi connectivity index (χ3v) is 8.79. The van der Waals surface area contributed by atoms with Crippen LogP contribution in [0.25, 0.3) is 11.2 Å². The zero-order valence-corrected chi connectivity index (χ0v) is 26.1. The number of ether oxygens (including phenoxy) is 3. The Hall–Kier alpha value is -2.66. The summed E-state index contributed by atoms with van der Waals surface area (Å²) < 4.78 is 19.2. The minimum absolute atomic E-state index is 0.218. The third-order valence-electron chi connectivity index (χ3n) is 6.73. The molecule has 13 heteroatoms. The van der Waals surface area contributed by atoms with E-state index in [4.69, 9.17) is 19.9 Å². The molecular formula is C28H46N7O5P. The highest BCUT2D eigenvalue weighted by molar-refractivity contribution is 7.53. The van der Waals surface area contributed by atoms with Crippen molar-refractivity contribution in [3.8, 4) is 0 Å². The Morgan fingerprint density at radius 3 is 2.41 bits per heavy atom. The predicted octanol–water partition coefficient (Wildman–Crippen LogP) is 4.06. The zero-order valence-electron chi connectivity index (χ0n) is 25.2. The second-order valence-corrected chi connectivity index (χ2v) is 13.1. The van der Waals surface area contributed by atoms with Crippen LogP contribution < -0.4 is 15.9 Å². The van der Waals surface area contributed by atoms with Crippen LogP contribution in [0.2, 0.25) is 0 Å². The van der Waals surface area contributed by atoms with Crippen molar-refractivity contribution >= 4 is 37.1 Å². The topological polar surface area (TPSA) is 156 Å². The van der Waals surface area contributed by atoms with Crippen LogP contribution in [0.1, 0.15) is 73.6 Å². The molecule has 0 aliphatic heterocycles. The van der Waals surface area contributed by atoms with Crippen LogP contribution in [0.15, 0.2) is 24.8 Å². The number of imidazole rings is 1. The lowest BCUT2D eigenvalue weighted by molar-refractivity contribution is -0.150. The lowest BCUT2D eigenvalue weighted by Gasteiger charge is -2.35. The molecule has 2 aromatic rings. The fourth-order valence-electron chi connectivity index (χ4n) is 4.11. The largest absolute Gasteiger partial charge is 0.464 e. The van der Waals surface area contributed by atoms with E-state index in [1.54, 1.807) is 34.0 Å². The Bertz CT molecular complexity index is 1190. The molecule has 0 bridgehead atoms. The number of rotatable bonds is 18. The Morgan fingerprint density at radius 2 is 1.78 bits per heavy atom. The summed E-state index contributed by atoms with van der Waals surface area (Å²) in [6, 6.07) is 0. The van der Waals surface area contributed by atoms with Gasteiger partial charge in [-0.05, 0) is 47.5 Å². The maximum Gasteiger partial charge on any atom is 0.326 e. The number of nitrogens with zero attached hydrogens (tertiary/aromatic N) is 4. The number of carbonyl (C=O) groups excluding carboxylic acids is 2. The number of allylic oxidation sites excluding steroid dienone is 1. The quantitative estimate of drug-likeness (QED) is 0.0994. The van der Waals surface area contributed by atoms with Gasteiger partial charge in [0.05, 0.1) is 46.8 Å². The van der Waals surface area contributed by atoms with E-state index in [9.17, 15) is 9.59 Å². The molecule has 1 aliphatic carbocycles.